The SMILES string of the molecule is CNc1ccc(N2CCN(Cc3ccc(N=CC=O)c(NOC)c3F)CC2)c(F)n1. The lowest BCUT2D eigenvalue weighted by atomic mass is 10.1. The van der Waals surface area contributed by atoms with Gasteiger partial charge in [0.1, 0.15) is 11.5 Å². The summed E-state index contributed by atoms with van der Waals surface area (Å²) in [6.07, 6.45) is 1.57. The molecule has 160 valence electrons. The van der Waals surface area contributed by atoms with Crippen LogP contribution in [0, 0.1) is 11.8 Å². The summed E-state index contributed by atoms with van der Waals surface area (Å²) in [5.41, 5.74) is 3.76. The Hall–Kier alpha value is -3.11. The van der Waals surface area contributed by atoms with Crippen molar-refractivity contribution in [3.8, 4) is 0 Å². The first-order valence-electron chi connectivity index (χ1n) is 9.47. The van der Waals surface area contributed by atoms with Crippen molar-refractivity contribution in [1.82, 2.24) is 9.88 Å². The number of rotatable bonds is 8. The minimum absolute atomic E-state index is 0.0736. The van der Waals surface area contributed by atoms with Crippen LogP contribution in [0.3, 0.4) is 0 Å². The zero-order valence-corrected chi connectivity index (χ0v) is 16.9. The van der Waals surface area contributed by atoms with E-state index in [0.29, 0.717) is 56.1 Å². The highest BCUT2D eigenvalue weighted by Crippen LogP contribution is 2.31. The number of piperazine rings is 1. The molecule has 1 fully saturated rings. The molecule has 2 N–H and O–H groups in total. The number of nitrogens with one attached hydrogen (secondary N) is 2. The van der Waals surface area contributed by atoms with Gasteiger partial charge < -0.3 is 10.2 Å². The number of halogens is 2. The molecular formula is C20H24F2N6O2. The van der Waals surface area contributed by atoms with E-state index >= 15 is 0 Å². The van der Waals surface area contributed by atoms with Crippen LogP contribution in [-0.2, 0) is 16.2 Å². The van der Waals surface area contributed by atoms with Crippen LogP contribution in [0.5, 0.6) is 0 Å². The highest BCUT2D eigenvalue weighted by atomic mass is 19.1. The average molecular weight is 418 g/mol. The Bertz CT molecular complexity index is 916. The van der Waals surface area contributed by atoms with Gasteiger partial charge >= 0.3 is 0 Å². The first-order chi connectivity index (χ1) is 14.6. The van der Waals surface area contributed by atoms with Crippen molar-refractivity contribution >= 4 is 35.4 Å². The van der Waals surface area contributed by atoms with Gasteiger partial charge in [0.2, 0.25) is 5.95 Å². The van der Waals surface area contributed by atoms with Gasteiger partial charge in [-0.15, -0.1) is 0 Å². The van der Waals surface area contributed by atoms with Crippen LogP contribution in [0.1, 0.15) is 5.56 Å². The minimum atomic E-state index is -0.511. The number of nitrogens with zero attached hydrogens (tertiary/aromatic N) is 4. The Labute approximate surface area is 173 Å². The maximum Gasteiger partial charge on any atom is 0.238 e. The molecule has 2 heterocycles. The van der Waals surface area contributed by atoms with Gasteiger partial charge in [0.05, 0.1) is 24.7 Å². The molecule has 10 heteroatoms. The van der Waals surface area contributed by atoms with Crippen LogP contribution in [0.2, 0.25) is 0 Å². The predicted octanol–water partition coefficient (Wildman–Crippen LogP) is 2.60. The molecule has 2 aromatic rings. The summed E-state index contributed by atoms with van der Waals surface area (Å²) in [7, 11) is 3.06. The van der Waals surface area contributed by atoms with Gasteiger partial charge in [-0.3, -0.25) is 25.0 Å². The van der Waals surface area contributed by atoms with E-state index in [-0.39, 0.29) is 11.4 Å². The van der Waals surface area contributed by atoms with Crippen molar-refractivity contribution < 1.29 is 18.4 Å². The van der Waals surface area contributed by atoms with Crippen molar-refractivity contribution in [3.63, 3.8) is 0 Å². The zero-order chi connectivity index (χ0) is 21.5. The summed E-state index contributed by atoms with van der Waals surface area (Å²) in [6.45, 7) is 2.87. The van der Waals surface area contributed by atoms with Crippen LogP contribution in [-0.4, -0.2) is 62.7 Å². The number of aldehydes is 1. The van der Waals surface area contributed by atoms with Crippen LogP contribution >= 0.6 is 0 Å². The van der Waals surface area contributed by atoms with E-state index in [9.17, 15) is 13.6 Å². The van der Waals surface area contributed by atoms with Gasteiger partial charge in [0.15, 0.2) is 12.1 Å². The number of anilines is 3. The van der Waals surface area contributed by atoms with E-state index in [2.05, 4.69) is 25.7 Å². The average Bonchev–Trinajstić information content (AvgIpc) is 2.76. The number of hydrogen-bond acceptors (Lipinski definition) is 8. The van der Waals surface area contributed by atoms with Gasteiger partial charge in [-0.2, -0.15) is 4.39 Å². The van der Waals surface area contributed by atoms with Crippen molar-refractivity contribution in [1.29, 1.82) is 0 Å². The standard InChI is InChI=1S/C20H24F2N6O2/c1-23-17-6-5-16(20(22)25-17)28-10-8-27(9-11-28)13-14-3-4-15(24-7-12-29)19(18(14)21)26-30-2/h3-7,12,26H,8-11,13H2,1-2H3,(H,23,25). The highest BCUT2D eigenvalue weighted by Gasteiger charge is 2.22. The number of aliphatic imine (C=N–C) groups is 1. The summed E-state index contributed by atoms with van der Waals surface area (Å²) in [5, 5.41) is 2.81. The largest absolute Gasteiger partial charge is 0.373 e. The molecule has 1 saturated heterocycles. The molecule has 0 aliphatic carbocycles. The Morgan fingerprint density at radius 2 is 1.97 bits per heavy atom. The van der Waals surface area contributed by atoms with Gasteiger partial charge in [-0.1, -0.05) is 6.07 Å². The van der Waals surface area contributed by atoms with E-state index in [1.165, 1.54) is 7.11 Å². The number of hydrogen-bond donors (Lipinski definition) is 2. The lowest BCUT2D eigenvalue weighted by Crippen LogP contribution is -2.46. The molecular weight excluding hydrogens is 394 g/mol. The third-order valence-electron chi connectivity index (χ3n) is 4.87. The smallest absolute Gasteiger partial charge is 0.238 e. The third-order valence-corrected chi connectivity index (χ3v) is 4.87. The molecule has 0 spiro atoms. The van der Waals surface area contributed by atoms with Crippen molar-refractivity contribution in [2.75, 3.05) is 56.0 Å². The second kappa shape index (κ2) is 10.1. The quantitative estimate of drug-likeness (QED) is 0.295. The second-order valence-corrected chi connectivity index (χ2v) is 6.67. The van der Waals surface area contributed by atoms with E-state index in [1.807, 2.05) is 4.90 Å². The number of benzene rings is 1. The molecule has 8 nitrogen and oxygen atoms in total. The van der Waals surface area contributed by atoms with Crippen molar-refractivity contribution in [3.05, 3.63) is 41.6 Å². The van der Waals surface area contributed by atoms with Crippen LogP contribution < -0.4 is 15.7 Å². The molecule has 0 radical (unpaired) electrons. The normalized spacial score (nSPS) is 14.9. The minimum Gasteiger partial charge on any atom is -0.373 e. The summed E-state index contributed by atoms with van der Waals surface area (Å²) in [6, 6.07) is 6.71. The molecule has 1 aliphatic rings. The Balaban J connectivity index is 1.68. The predicted molar refractivity (Wildman–Crippen MR) is 112 cm³/mol. The molecule has 0 amide bonds. The van der Waals surface area contributed by atoms with Gasteiger partial charge in [-0.25, -0.2) is 9.37 Å². The monoisotopic (exact) mass is 418 g/mol. The Morgan fingerprint density at radius 1 is 1.20 bits per heavy atom. The van der Waals surface area contributed by atoms with Crippen LogP contribution in [0.25, 0.3) is 0 Å². The number of aromatic nitrogens is 1. The molecule has 0 unspecified atom stereocenters. The fraction of sp³-hybridized carbons (Fsp3) is 0.350. The Kier molecular flexibility index (Phi) is 7.26. The molecule has 1 aromatic carbocycles. The van der Waals surface area contributed by atoms with Crippen LogP contribution in [0.15, 0.2) is 29.3 Å². The van der Waals surface area contributed by atoms with Crippen LogP contribution in [0.4, 0.5) is 31.7 Å². The van der Waals surface area contributed by atoms with Gasteiger partial charge in [0, 0.05) is 45.3 Å². The lowest BCUT2D eigenvalue weighted by molar-refractivity contribution is -0.102. The highest BCUT2D eigenvalue weighted by molar-refractivity contribution is 6.14. The number of carbonyl (C=O) groups excluding carboxylic acids is 1. The maximum absolute atomic E-state index is 15.0. The molecule has 3 rings (SSSR count). The topological polar surface area (TPSA) is 82.1 Å². The van der Waals surface area contributed by atoms with E-state index in [0.717, 1.165) is 6.21 Å². The van der Waals surface area contributed by atoms with E-state index in [4.69, 9.17) is 4.84 Å². The molecule has 0 atom stereocenters. The summed E-state index contributed by atoms with van der Waals surface area (Å²) < 4.78 is 29.2. The molecule has 0 saturated carbocycles. The summed E-state index contributed by atoms with van der Waals surface area (Å²) in [4.78, 5) is 27.2. The van der Waals surface area contributed by atoms with E-state index < -0.39 is 11.8 Å². The second-order valence-electron chi connectivity index (χ2n) is 6.67. The lowest BCUT2D eigenvalue weighted by Gasteiger charge is -2.36. The van der Waals surface area contributed by atoms with Crippen molar-refractivity contribution in [2.45, 2.75) is 6.54 Å². The Morgan fingerprint density at radius 3 is 2.60 bits per heavy atom. The molecule has 0 bridgehead atoms. The fourth-order valence-corrected chi connectivity index (χ4v) is 3.34. The summed E-state index contributed by atoms with van der Waals surface area (Å²) >= 11 is 0. The molecule has 30 heavy (non-hydrogen) atoms. The van der Waals surface area contributed by atoms with Gasteiger partial charge in [0.25, 0.3) is 0 Å². The molecule has 1 aromatic heterocycles. The zero-order valence-electron chi connectivity index (χ0n) is 16.9. The summed E-state index contributed by atoms with van der Waals surface area (Å²) in [5.74, 6) is -0.521. The first kappa shape index (κ1) is 21.6. The molecule has 1 aliphatic heterocycles. The number of carbonyl (C=O) groups is 1. The third kappa shape index (κ3) is 4.89. The first-order valence-corrected chi connectivity index (χ1v) is 9.47. The maximum atomic E-state index is 15.0. The number of pyridine rings is 1. The fourth-order valence-electron chi connectivity index (χ4n) is 3.34. The van der Waals surface area contributed by atoms with Gasteiger partial charge in [-0.05, 0) is 18.2 Å². The van der Waals surface area contributed by atoms with Crippen molar-refractivity contribution in [2.24, 2.45) is 4.99 Å². The van der Waals surface area contributed by atoms with E-state index in [1.54, 1.807) is 31.3 Å².